The van der Waals surface area contributed by atoms with E-state index in [0.717, 1.165) is 31.0 Å². The van der Waals surface area contributed by atoms with Gasteiger partial charge in [-0.15, -0.1) is 11.8 Å². The van der Waals surface area contributed by atoms with Crippen LogP contribution in [0.25, 0.3) is 0 Å². The molecular formula is C22H33N3O2S. The van der Waals surface area contributed by atoms with E-state index in [-0.39, 0.29) is 17.7 Å². The van der Waals surface area contributed by atoms with Gasteiger partial charge >= 0.3 is 0 Å². The molecule has 2 aliphatic rings. The molecule has 2 heterocycles. The molecule has 0 aliphatic carbocycles. The molecule has 2 saturated heterocycles. The van der Waals surface area contributed by atoms with Crippen molar-refractivity contribution in [3.05, 3.63) is 24.3 Å². The predicted molar refractivity (Wildman–Crippen MR) is 116 cm³/mol. The van der Waals surface area contributed by atoms with Crippen molar-refractivity contribution in [1.29, 1.82) is 0 Å². The number of nitrogens with zero attached hydrogens (tertiary/aromatic N) is 2. The fourth-order valence-electron chi connectivity index (χ4n) is 4.20. The highest BCUT2D eigenvalue weighted by atomic mass is 32.2. The average molecular weight is 404 g/mol. The number of thioether (sulfide) groups is 1. The molecule has 1 aromatic rings. The van der Waals surface area contributed by atoms with E-state index in [4.69, 9.17) is 0 Å². The van der Waals surface area contributed by atoms with Crippen molar-refractivity contribution < 1.29 is 9.59 Å². The van der Waals surface area contributed by atoms with Crippen LogP contribution in [0.4, 0.5) is 5.69 Å². The first-order valence-electron chi connectivity index (χ1n) is 10.5. The van der Waals surface area contributed by atoms with Crippen LogP contribution in [0.1, 0.15) is 39.0 Å². The van der Waals surface area contributed by atoms with Crippen molar-refractivity contribution in [2.45, 2.75) is 43.9 Å². The molecule has 6 heteroatoms. The van der Waals surface area contributed by atoms with E-state index in [1.54, 1.807) is 16.7 Å². The normalized spacial score (nSPS) is 23.2. The molecule has 154 valence electrons. The Kier molecular flexibility index (Phi) is 7.80. The lowest BCUT2D eigenvalue weighted by Gasteiger charge is -2.30. The summed E-state index contributed by atoms with van der Waals surface area (Å²) in [5, 5.41) is 3.04. The van der Waals surface area contributed by atoms with Crippen molar-refractivity contribution >= 4 is 29.3 Å². The van der Waals surface area contributed by atoms with Gasteiger partial charge in [0.05, 0.1) is 5.92 Å². The third-order valence-corrected chi connectivity index (χ3v) is 6.56. The zero-order chi connectivity index (χ0) is 19.9. The molecule has 2 amide bonds. The zero-order valence-electron chi connectivity index (χ0n) is 17.2. The molecular weight excluding hydrogens is 370 g/mol. The summed E-state index contributed by atoms with van der Waals surface area (Å²) in [6.45, 7) is 7.07. The highest BCUT2D eigenvalue weighted by Crippen LogP contribution is 2.27. The van der Waals surface area contributed by atoms with E-state index >= 15 is 0 Å². The van der Waals surface area contributed by atoms with Gasteiger partial charge in [-0.2, -0.15) is 0 Å². The number of likely N-dealkylation sites (tertiary alicyclic amines) is 1. The van der Waals surface area contributed by atoms with Crippen LogP contribution in [0.5, 0.6) is 0 Å². The summed E-state index contributed by atoms with van der Waals surface area (Å²) in [5.74, 6) is 0.628. The molecule has 5 nitrogen and oxygen atoms in total. The molecule has 0 spiro atoms. The molecule has 2 fully saturated rings. The smallest absolute Gasteiger partial charge is 0.227 e. The molecule has 3 rings (SSSR count). The minimum absolute atomic E-state index is 0.0168. The Bertz CT molecular complexity index is 664. The number of carbonyl (C=O) groups excluding carboxylic acids is 2. The molecule has 2 unspecified atom stereocenters. The predicted octanol–water partition coefficient (Wildman–Crippen LogP) is 3.39. The molecule has 0 radical (unpaired) electrons. The summed E-state index contributed by atoms with van der Waals surface area (Å²) >= 11 is 1.68. The monoisotopic (exact) mass is 403 g/mol. The van der Waals surface area contributed by atoms with E-state index in [1.165, 1.54) is 30.8 Å². The van der Waals surface area contributed by atoms with E-state index in [9.17, 15) is 9.59 Å². The second-order valence-corrected chi connectivity index (χ2v) is 9.03. The van der Waals surface area contributed by atoms with Crippen LogP contribution in [-0.2, 0) is 9.59 Å². The number of hydrogen-bond donors (Lipinski definition) is 1. The van der Waals surface area contributed by atoms with Gasteiger partial charge in [0.25, 0.3) is 0 Å². The molecule has 1 N–H and O–H groups in total. The Morgan fingerprint density at radius 3 is 2.71 bits per heavy atom. The van der Waals surface area contributed by atoms with Gasteiger partial charge in [-0.25, -0.2) is 0 Å². The van der Waals surface area contributed by atoms with Gasteiger partial charge in [-0.1, -0.05) is 6.92 Å². The molecule has 28 heavy (non-hydrogen) atoms. The summed E-state index contributed by atoms with van der Waals surface area (Å²) < 4.78 is 0. The minimum Gasteiger partial charge on any atom is -0.356 e. The third-order valence-electron chi connectivity index (χ3n) is 5.82. The Balaban J connectivity index is 1.37. The second-order valence-electron chi connectivity index (χ2n) is 8.15. The fourth-order valence-corrected chi connectivity index (χ4v) is 4.61. The van der Waals surface area contributed by atoms with Gasteiger partial charge in [0.2, 0.25) is 11.8 Å². The van der Waals surface area contributed by atoms with E-state index < -0.39 is 0 Å². The van der Waals surface area contributed by atoms with Crippen LogP contribution in [0.15, 0.2) is 29.2 Å². The largest absolute Gasteiger partial charge is 0.356 e. The summed E-state index contributed by atoms with van der Waals surface area (Å²) in [7, 11) is 0. The van der Waals surface area contributed by atoms with E-state index in [2.05, 4.69) is 17.1 Å². The number of anilines is 1. The lowest BCUT2D eigenvalue weighted by molar-refractivity contribution is -0.126. The lowest BCUT2D eigenvalue weighted by Crippen LogP contribution is -2.36. The van der Waals surface area contributed by atoms with Crippen LogP contribution in [0, 0.1) is 11.8 Å². The van der Waals surface area contributed by atoms with Crippen LogP contribution in [0.3, 0.4) is 0 Å². The van der Waals surface area contributed by atoms with Crippen molar-refractivity contribution in [3.63, 3.8) is 0 Å². The first kappa shape index (κ1) is 21.2. The van der Waals surface area contributed by atoms with Crippen molar-refractivity contribution in [1.82, 2.24) is 10.2 Å². The average Bonchev–Trinajstić information content (AvgIpc) is 3.09. The maximum absolute atomic E-state index is 12.5. The fraction of sp³-hybridized carbons (Fsp3) is 0.636. The Hall–Kier alpha value is -1.53. The highest BCUT2D eigenvalue weighted by Gasteiger charge is 2.34. The maximum atomic E-state index is 12.5. The van der Waals surface area contributed by atoms with Crippen LogP contribution >= 0.6 is 11.8 Å². The third kappa shape index (κ3) is 5.74. The number of rotatable bonds is 8. The molecule has 2 atom stereocenters. The molecule has 0 bridgehead atoms. The number of benzene rings is 1. The van der Waals surface area contributed by atoms with E-state index in [0.29, 0.717) is 19.5 Å². The summed E-state index contributed by atoms with van der Waals surface area (Å²) in [5.41, 5.74) is 0.883. The first-order chi connectivity index (χ1) is 13.6. The number of amides is 2. The Morgan fingerprint density at radius 2 is 2.00 bits per heavy atom. The van der Waals surface area contributed by atoms with Gasteiger partial charge in [-0.05, 0) is 75.2 Å². The Labute approximate surface area is 173 Å². The van der Waals surface area contributed by atoms with Crippen molar-refractivity contribution in [3.8, 4) is 0 Å². The van der Waals surface area contributed by atoms with Crippen LogP contribution in [-0.4, -0.2) is 55.7 Å². The maximum Gasteiger partial charge on any atom is 0.227 e. The number of piperidine rings is 1. The highest BCUT2D eigenvalue weighted by molar-refractivity contribution is 7.98. The van der Waals surface area contributed by atoms with Gasteiger partial charge in [0.15, 0.2) is 0 Å². The second kappa shape index (κ2) is 10.3. The van der Waals surface area contributed by atoms with Crippen molar-refractivity contribution in [2.75, 3.05) is 43.9 Å². The number of carbonyl (C=O) groups is 2. The standard InChI is InChI=1S/C22H33N3O2S/c1-17-6-5-13-24(15-17)12-4-3-11-23-22(27)18-14-21(26)25(16-18)19-7-9-20(28-2)10-8-19/h7-10,17-18H,3-6,11-16H2,1-2H3,(H,23,27). The van der Waals surface area contributed by atoms with E-state index in [1.807, 2.05) is 30.5 Å². The van der Waals surface area contributed by atoms with Gasteiger partial charge in [0, 0.05) is 36.6 Å². The summed E-state index contributed by atoms with van der Waals surface area (Å²) in [4.78, 5) is 30.3. The first-order valence-corrected chi connectivity index (χ1v) is 11.7. The summed E-state index contributed by atoms with van der Waals surface area (Å²) in [6, 6.07) is 7.96. The molecule has 0 saturated carbocycles. The van der Waals surface area contributed by atoms with Gasteiger partial charge in [-0.3, -0.25) is 9.59 Å². The van der Waals surface area contributed by atoms with Gasteiger partial charge in [0.1, 0.15) is 0 Å². The number of nitrogens with one attached hydrogen (secondary N) is 1. The topological polar surface area (TPSA) is 52.7 Å². The lowest BCUT2D eigenvalue weighted by atomic mass is 10.0. The number of hydrogen-bond acceptors (Lipinski definition) is 4. The molecule has 0 aromatic heterocycles. The Morgan fingerprint density at radius 1 is 1.21 bits per heavy atom. The quantitative estimate of drug-likeness (QED) is 0.534. The molecule has 2 aliphatic heterocycles. The molecule has 1 aromatic carbocycles. The van der Waals surface area contributed by atoms with Gasteiger partial charge < -0.3 is 15.1 Å². The van der Waals surface area contributed by atoms with Crippen LogP contribution < -0.4 is 10.2 Å². The van der Waals surface area contributed by atoms with Crippen molar-refractivity contribution in [2.24, 2.45) is 11.8 Å². The SMILES string of the molecule is CSc1ccc(N2CC(C(=O)NCCCCN3CCCC(C)C3)CC2=O)cc1. The number of unbranched alkanes of at least 4 members (excludes halogenated alkanes) is 1. The minimum atomic E-state index is -0.240. The van der Waals surface area contributed by atoms with Crippen LogP contribution in [0.2, 0.25) is 0 Å². The zero-order valence-corrected chi connectivity index (χ0v) is 18.0. The summed E-state index contributed by atoms with van der Waals surface area (Å²) in [6.07, 6.45) is 7.11.